The van der Waals surface area contributed by atoms with E-state index in [9.17, 15) is 4.79 Å². The molecule has 4 nitrogen and oxygen atoms in total. The van der Waals surface area contributed by atoms with E-state index in [2.05, 4.69) is 5.32 Å². The van der Waals surface area contributed by atoms with Gasteiger partial charge in [-0.15, -0.1) is 0 Å². The number of aromatic carboxylic acids is 1. The van der Waals surface area contributed by atoms with Crippen molar-refractivity contribution >= 4 is 23.3 Å². The SMILES string of the molecule is Cc1cc(C(C)Nc2ccc(C(=O)O)cc2Cl)c(C)o1. The van der Waals surface area contributed by atoms with Crippen molar-refractivity contribution in [2.75, 3.05) is 5.32 Å². The lowest BCUT2D eigenvalue weighted by atomic mass is 10.1. The first-order valence-corrected chi connectivity index (χ1v) is 6.62. The van der Waals surface area contributed by atoms with Crippen LogP contribution >= 0.6 is 11.6 Å². The van der Waals surface area contributed by atoms with Gasteiger partial charge in [0.2, 0.25) is 0 Å². The fourth-order valence-corrected chi connectivity index (χ4v) is 2.39. The molecule has 0 aliphatic rings. The zero-order chi connectivity index (χ0) is 14.9. The number of rotatable bonds is 4. The molecule has 2 N–H and O–H groups in total. The van der Waals surface area contributed by atoms with Gasteiger partial charge in [-0.05, 0) is 45.0 Å². The lowest BCUT2D eigenvalue weighted by Gasteiger charge is -2.16. The van der Waals surface area contributed by atoms with Crippen molar-refractivity contribution in [2.24, 2.45) is 0 Å². The van der Waals surface area contributed by atoms with Gasteiger partial charge in [0.1, 0.15) is 11.5 Å². The molecule has 0 aliphatic heterocycles. The first-order valence-electron chi connectivity index (χ1n) is 6.25. The highest BCUT2D eigenvalue weighted by atomic mass is 35.5. The van der Waals surface area contributed by atoms with Gasteiger partial charge in [0, 0.05) is 5.56 Å². The number of hydrogen-bond acceptors (Lipinski definition) is 3. The summed E-state index contributed by atoms with van der Waals surface area (Å²) in [5, 5.41) is 12.6. The quantitative estimate of drug-likeness (QED) is 0.876. The first kappa shape index (κ1) is 14.5. The Bertz CT molecular complexity index is 649. The molecule has 106 valence electrons. The Morgan fingerprint density at radius 1 is 1.35 bits per heavy atom. The van der Waals surface area contributed by atoms with Gasteiger partial charge in [-0.1, -0.05) is 11.6 Å². The standard InChI is InChI=1S/C15H16ClNO3/c1-8-6-12(10(3)20-8)9(2)17-14-5-4-11(15(18)19)7-13(14)16/h4-7,9,17H,1-3H3,(H,18,19). The maximum Gasteiger partial charge on any atom is 0.335 e. The van der Waals surface area contributed by atoms with Gasteiger partial charge in [0.15, 0.2) is 0 Å². The van der Waals surface area contributed by atoms with Crippen molar-refractivity contribution in [1.82, 2.24) is 0 Å². The largest absolute Gasteiger partial charge is 0.478 e. The molecule has 0 radical (unpaired) electrons. The molecule has 0 fully saturated rings. The Balaban J connectivity index is 2.22. The number of carbonyl (C=O) groups is 1. The van der Waals surface area contributed by atoms with E-state index in [1.54, 1.807) is 6.07 Å². The third-order valence-electron chi connectivity index (χ3n) is 3.13. The van der Waals surface area contributed by atoms with Crippen LogP contribution in [0.5, 0.6) is 0 Å². The second-order valence-electron chi connectivity index (χ2n) is 4.73. The molecule has 5 heteroatoms. The maximum atomic E-state index is 10.9. The second kappa shape index (κ2) is 5.59. The van der Waals surface area contributed by atoms with E-state index in [4.69, 9.17) is 21.1 Å². The van der Waals surface area contributed by atoms with Gasteiger partial charge in [-0.3, -0.25) is 0 Å². The van der Waals surface area contributed by atoms with E-state index in [0.717, 1.165) is 17.1 Å². The number of halogens is 1. The molecule has 0 bridgehead atoms. The Morgan fingerprint density at radius 3 is 2.55 bits per heavy atom. The van der Waals surface area contributed by atoms with Gasteiger partial charge in [0.25, 0.3) is 0 Å². The van der Waals surface area contributed by atoms with Crippen LogP contribution in [0.15, 0.2) is 28.7 Å². The summed E-state index contributed by atoms with van der Waals surface area (Å²) in [6.45, 7) is 5.81. The van der Waals surface area contributed by atoms with E-state index in [1.807, 2.05) is 26.8 Å². The molecule has 2 rings (SSSR count). The van der Waals surface area contributed by atoms with Crippen molar-refractivity contribution in [3.05, 3.63) is 51.9 Å². The second-order valence-corrected chi connectivity index (χ2v) is 5.14. The van der Waals surface area contributed by atoms with Crippen LogP contribution in [0.4, 0.5) is 5.69 Å². The van der Waals surface area contributed by atoms with E-state index in [1.165, 1.54) is 12.1 Å². The van der Waals surface area contributed by atoms with Crippen molar-refractivity contribution < 1.29 is 14.3 Å². The summed E-state index contributed by atoms with van der Waals surface area (Å²) >= 11 is 6.10. The lowest BCUT2D eigenvalue weighted by Crippen LogP contribution is -2.08. The zero-order valence-electron chi connectivity index (χ0n) is 11.5. The van der Waals surface area contributed by atoms with Crippen LogP contribution in [0.2, 0.25) is 5.02 Å². The fourth-order valence-electron chi connectivity index (χ4n) is 2.16. The zero-order valence-corrected chi connectivity index (χ0v) is 12.3. The van der Waals surface area contributed by atoms with Crippen LogP contribution in [0.25, 0.3) is 0 Å². The lowest BCUT2D eigenvalue weighted by molar-refractivity contribution is 0.0697. The predicted octanol–water partition coefficient (Wildman–Crippen LogP) is 4.42. The summed E-state index contributed by atoms with van der Waals surface area (Å²) in [6.07, 6.45) is 0. The Hall–Kier alpha value is -1.94. The minimum atomic E-state index is -0.993. The number of carboxylic acids is 1. The Kier molecular flexibility index (Phi) is 4.04. The van der Waals surface area contributed by atoms with Gasteiger partial charge >= 0.3 is 5.97 Å². The van der Waals surface area contributed by atoms with Crippen LogP contribution < -0.4 is 5.32 Å². The smallest absolute Gasteiger partial charge is 0.335 e. The highest BCUT2D eigenvalue weighted by Gasteiger charge is 2.14. The number of carboxylic acid groups (broad SMARTS) is 1. The number of benzene rings is 1. The van der Waals surface area contributed by atoms with Gasteiger partial charge < -0.3 is 14.8 Å². The van der Waals surface area contributed by atoms with Crippen LogP contribution in [-0.4, -0.2) is 11.1 Å². The summed E-state index contributed by atoms with van der Waals surface area (Å²) in [6, 6.07) is 6.63. The Labute approximate surface area is 122 Å². The molecule has 2 aromatic rings. The first-order chi connectivity index (χ1) is 9.38. The van der Waals surface area contributed by atoms with Crippen LogP contribution in [-0.2, 0) is 0 Å². The van der Waals surface area contributed by atoms with Gasteiger partial charge in [-0.25, -0.2) is 4.79 Å². The average Bonchev–Trinajstić information content (AvgIpc) is 2.70. The van der Waals surface area contributed by atoms with Crippen LogP contribution in [0, 0.1) is 13.8 Å². The maximum absolute atomic E-state index is 10.9. The summed E-state index contributed by atoms with van der Waals surface area (Å²) in [5.74, 6) is 0.729. The molecule has 1 heterocycles. The fraction of sp³-hybridized carbons (Fsp3) is 0.267. The number of aryl methyl sites for hydroxylation is 2. The number of anilines is 1. The molecular weight excluding hydrogens is 278 g/mol. The van der Waals surface area contributed by atoms with E-state index >= 15 is 0 Å². The Morgan fingerprint density at radius 2 is 2.05 bits per heavy atom. The molecular formula is C15H16ClNO3. The van der Waals surface area contributed by atoms with E-state index in [0.29, 0.717) is 10.7 Å². The predicted molar refractivity (Wildman–Crippen MR) is 78.6 cm³/mol. The van der Waals surface area contributed by atoms with Gasteiger partial charge in [0.05, 0.1) is 22.3 Å². The monoisotopic (exact) mass is 293 g/mol. The molecule has 1 aromatic heterocycles. The molecule has 1 aromatic carbocycles. The van der Waals surface area contributed by atoms with Crippen molar-refractivity contribution in [3.63, 3.8) is 0 Å². The minimum Gasteiger partial charge on any atom is -0.478 e. The number of furan rings is 1. The summed E-state index contributed by atoms with van der Waals surface area (Å²) < 4.78 is 5.50. The van der Waals surface area contributed by atoms with Crippen molar-refractivity contribution in [3.8, 4) is 0 Å². The summed E-state index contributed by atoms with van der Waals surface area (Å²) in [4.78, 5) is 10.9. The summed E-state index contributed by atoms with van der Waals surface area (Å²) in [5.41, 5.74) is 1.92. The van der Waals surface area contributed by atoms with Gasteiger partial charge in [-0.2, -0.15) is 0 Å². The van der Waals surface area contributed by atoms with Crippen molar-refractivity contribution in [1.29, 1.82) is 0 Å². The molecule has 0 saturated carbocycles. The molecule has 1 unspecified atom stereocenters. The molecule has 0 spiro atoms. The minimum absolute atomic E-state index is 0.0145. The number of nitrogens with one attached hydrogen (secondary N) is 1. The van der Waals surface area contributed by atoms with E-state index in [-0.39, 0.29) is 11.6 Å². The molecule has 0 aliphatic carbocycles. The third-order valence-corrected chi connectivity index (χ3v) is 3.45. The highest BCUT2D eigenvalue weighted by Crippen LogP contribution is 2.29. The van der Waals surface area contributed by atoms with Crippen LogP contribution in [0.1, 0.15) is 40.4 Å². The number of hydrogen-bond donors (Lipinski definition) is 2. The average molecular weight is 294 g/mol. The highest BCUT2D eigenvalue weighted by molar-refractivity contribution is 6.33. The van der Waals surface area contributed by atoms with Crippen molar-refractivity contribution in [2.45, 2.75) is 26.8 Å². The summed E-state index contributed by atoms with van der Waals surface area (Å²) in [7, 11) is 0. The molecule has 0 amide bonds. The van der Waals surface area contributed by atoms with Crippen LogP contribution in [0.3, 0.4) is 0 Å². The third kappa shape index (κ3) is 2.96. The van der Waals surface area contributed by atoms with E-state index < -0.39 is 5.97 Å². The molecule has 20 heavy (non-hydrogen) atoms. The topological polar surface area (TPSA) is 62.5 Å². The normalized spacial score (nSPS) is 12.2. The molecule has 0 saturated heterocycles. The molecule has 1 atom stereocenters.